The number of carbonyl (C=O) groups excluding carboxylic acids is 3. The number of carboxylic acids is 1. The molecule has 26 heteroatoms. The normalized spacial score (nSPS) is 19.6. The third-order valence-corrected chi connectivity index (χ3v) is 19.0. The molecule has 4 aliphatic rings. The molecule has 2 aromatic carbocycles. The number of anilines is 2. The molecule has 2 saturated heterocycles. The number of likely N-dealkylation sites (tertiary alicyclic amines) is 1. The predicted octanol–water partition coefficient (Wildman–Crippen LogP) is 14.8. The Balaban J connectivity index is 0.000000153. The minimum Gasteiger partial charge on any atom is -0.477 e. The van der Waals surface area contributed by atoms with E-state index in [4.69, 9.17) is 56.3 Å². The monoisotopic (exact) mass is 1250 g/mol. The number of fused-ring (bicyclic) bond motifs is 2. The standard InChI is InChI=1S/C27H28ClN5O4S.C22H20ClN5O2S.C8H5NO3S.CH4.ClH/c1-26(2,3)37-25(35)32-10-9-27(14-32)11-16(12-27)33-18-6-4-5-17(28)22(18)30-24(33)31-23(34)21-8-7-20(38-21)19-13-29-15-36-19;23-14-2-1-3-15-19(14)26-21(28(15)13-8-22(9-13)6-7-24-11-22)27-20(29)18-5-4-17(31-18)16-10-25-12-30-16;10-8(11)7-2-1-6(13-7)5-3-9-4-12-5;;/h4-8,13,15-16H,9-12,14H2,1-3H3,(H,30,31,34);1-5,10,12-13,24H,6-9,11H2,(H,26,27,29);1-4H,(H,10,11);1H4;1H. The number of thiophene rings is 3. The number of hydrogen-bond acceptors (Lipinski definition) is 17. The van der Waals surface area contributed by atoms with Crippen molar-refractivity contribution in [2.75, 3.05) is 36.8 Å². The van der Waals surface area contributed by atoms with Crippen molar-refractivity contribution >= 4 is 127 Å². The fraction of sp³-hybridized carbons (Fsp3) is 0.328. The summed E-state index contributed by atoms with van der Waals surface area (Å²) in [6.07, 6.45) is 14.7. The minimum atomic E-state index is -0.921. The number of carboxylic acid groups (broad SMARTS) is 1. The van der Waals surface area contributed by atoms with Gasteiger partial charge < -0.3 is 42.4 Å². The van der Waals surface area contributed by atoms with Crippen LogP contribution in [-0.4, -0.2) is 99.7 Å². The number of para-hydroxylation sites is 2. The van der Waals surface area contributed by atoms with Crippen molar-refractivity contribution in [1.29, 1.82) is 0 Å². The van der Waals surface area contributed by atoms with Crippen LogP contribution in [0.1, 0.15) is 108 Å². The number of rotatable bonds is 10. The van der Waals surface area contributed by atoms with Crippen LogP contribution in [0.5, 0.6) is 0 Å². The smallest absolute Gasteiger partial charge is 0.410 e. The number of halogens is 3. The van der Waals surface area contributed by atoms with E-state index in [2.05, 4.69) is 40.0 Å². The molecular weight excluding hydrogens is 1200 g/mol. The summed E-state index contributed by atoms with van der Waals surface area (Å²) in [5.41, 5.74) is 3.11. The van der Waals surface area contributed by atoms with Gasteiger partial charge in [0.15, 0.2) is 36.5 Å². The first kappa shape index (κ1) is 59.8. The number of aromatic carboxylic acids is 1. The molecule has 0 atom stereocenters. The highest BCUT2D eigenvalue weighted by Gasteiger charge is 2.52. The number of nitrogens with one attached hydrogen (secondary N) is 3. The van der Waals surface area contributed by atoms with Gasteiger partial charge in [0.2, 0.25) is 11.9 Å². The van der Waals surface area contributed by atoms with E-state index in [0.29, 0.717) is 83.9 Å². The van der Waals surface area contributed by atoms with Crippen LogP contribution in [0.25, 0.3) is 54.0 Å². The molecule has 2 aliphatic carbocycles. The van der Waals surface area contributed by atoms with Gasteiger partial charge in [-0.05, 0) is 137 Å². The Morgan fingerprint density at radius 2 is 1.12 bits per heavy atom. The van der Waals surface area contributed by atoms with E-state index in [1.54, 1.807) is 48.9 Å². The fourth-order valence-corrected chi connectivity index (χ4v) is 14.3. The first-order chi connectivity index (χ1) is 39.5. The van der Waals surface area contributed by atoms with E-state index >= 15 is 0 Å². The molecule has 4 fully saturated rings. The first-order valence-electron chi connectivity index (χ1n) is 26.3. The summed E-state index contributed by atoms with van der Waals surface area (Å²) in [5, 5.41) is 19.3. The SMILES string of the molecule is C.CC(C)(C)OC(=O)N1CCC2(CC(n3c(NC(=O)c4ccc(-c5cnco5)s4)nc4c(Cl)cccc43)C2)C1.Cl.O=C(Nc1nc2c(Cl)cccc2n1C1CC2(CCNC2)C1)c1ccc(-c2cnco2)s1.O=C(O)c1ccc(-c2cnco2)s1. The van der Waals surface area contributed by atoms with E-state index in [9.17, 15) is 19.2 Å². The lowest BCUT2D eigenvalue weighted by Gasteiger charge is -2.46. The molecular formula is C58H58Cl3N11O9S3. The topological polar surface area (TPSA) is 251 Å². The van der Waals surface area contributed by atoms with Gasteiger partial charge in [-0.1, -0.05) is 42.8 Å². The summed E-state index contributed by atoms with van der Waals surface area (Å²) >= 11 is 16.8. The quantitative estimate of drug-likeness (QED) is 0.0993. The Bertz CT molecular complexity index is 3960. The first-order valence-corrected chi connectivity index (χ1v) is 29.5. The van der Waals surface area contributed by atoms with E-state index in [-0.39, 0.29) is 49.2 Å². The zero-order chi connectivity index (χ0) is 56.9. The van der Waals surface area contributed by atoms with Gasteiger partial charge in [-0.15, -0.1) is 46.4 Å². The molecule has 14 rings (SSSR count). The number of amides is 3. The lowest BCUT2D eigenvalue weighted by atomic mass is 9.65. The lowest BCUT2D eigenvalue weighted by Crippen LogP contribution is -2.43. The van der Waals surface area contributed by atoms with Gasteiger partial charge in [0, 0.05) is 31.7 Å². The van der Waals surface area contributed by atoms with Gasteiger partial charge in [0.1, 0.15) is 21.5 Å². The van der Waals surface area contributed by atoms with Gasteiger partial charge in [0.25, 0.3) is 11.8 Å². The van der Waals surface area contributed by atoms with Crippen LogP contribution in [-0.2, 0) is 4.74 Å². The van der Waals surface area contributed by atoms with Crippen molar-refractivity contribution in [2.45, 2.75) is 84.4 Å². The Kier molecular flexibility index (Phi) is 17.3. The van der Waals surface area contributed by atoms with Crippen molar-refractivity contribution in [1.82, 2.24) is 44.3 Å². The maximum absolute atomic E-state index is 13.2. The summed E-state index contributed by atoms with van der Waals surface area (Å²) in [5.74, 6) is 1.51. The summed E-state index contributed by atoms with van der Waals surface area (Å²) in [4.78, 5) is 76.2. The Hall–Kier alpha value is -7.38. The Morgan fingerprint density at radius 1 is 0.667 bits per heavy atom. The second-order valence-electron chi connectivity index (χ2n) is 21.8. The lowest BCUT2D eigenvalue weighted by molar-refractivity contribution is 0.0199. The van der Waals surface area contributed by atoms with Gasteiger partial charge in [-0.2, -0.15) is 0 Å². The number of carbonyl (C=O) groups is 4. The molecule has 0 bridgehead atoms. The van der Waals surface area contributed by atoms with E-state index in [0.717, 1.165) is 76.4 Å². The van der Waals surface area contributed by atoms with Crippen molar-refractivity contribution in [3.05, 3.63) is 135 Å². The molecule has 8 aromatic heterocycles. The van der Waals surface area contributed by atoms with Gasteiger partial charge in [-0.25, -0.2) is 34.5 Å². The van der Waals surface area contributed by atoms with E-state index in [1.165, 1.54) is 59.6 Å². The number of hydrogen-bond donors (Lipinski definition) is 4. The van der Waals surface area contributed by atoms with Crippen LogP contribution in [0, 0.1) is 10.8 Å². The third kappa shape index (κ3) is 12.3. The predicted molar refractivity (Wildman–Crippen MR) is 327 cm³/mol. The van der Waals surface area contributed by atoms with Crippen molar-refractivity contribution < 1.29 is 42.3 Å². The van der Waals surface area contributed by atoms with Crippen LogP contribution in [0.3, 0.4) is 0 Å². The van der Waals surface area contributed by atoms with Crippen LogP contribution >= 0.6 is 69.6 Å². The highest BCUT2D eigenvalue weighted by molar-refractivity contribution is 7.18. The van der Waals surface area contributed by atoms with Crippen LogP contribution in [0.2, 0.25) is 10.0 Å². The summed E-state index contributed by atoms with van der Waals surface area (Å²) in [7, 11) is 0. The maximum Gasteiger partial charge on any atom is 0.410 e. The highest BCUT2D eigenvalue weighted by Crippen LogP contribution is 2.56. The second-order valence-corrected chi connectivity index (χ2v) is 25.9. The second kappa shape index (κ2) is 24.3. The molecule has 0 unspecified atom stereocenters. The molecule has 4 N–H and O–H groups in total. The van der Waals surface area contributed by atoms with E-state index < -0.39 is 11.6 Å². The Morgan fingerprint density at radius 3 is 1.52 bits per heavy atom. The van der Waals surface area contributed by atoms with Crippen LogP contribution in [0.4, 0.5) is 16.7 Å². The molecule has 2 aliphatic heterocycles. The number of aromatic nitrogens is 7. The van der Waals surface area contributed by atoms with Crippen LogP contribution < -0.4 is 16.0 Å². The number of benzene rings is 2. The van der Waals surface area contributed by atoms with Crippen molar-refractivity contribution in [3.8, 4) is 31.9 Å². The molecule has 10 heterocycles. The molecule has 2 spiro atoms. The summed E-state index contributed by atoms with van der Waals surface area (Å²) < 4.78 is 25.5. The largest absolute Gasteiger partial charge is 0.477 e. The average molecular weight is 1260 g/mol. The zero-order valence-electron chi connectivity index (χ0n) is 44.8. The number of imidazole rings is 2. The molecule has 20 nitrogen and oxygen atoms in total. The highest BCUT2D eigenvalue weighted by atomic mass is 35.5. The van der Waals surface area contributed by atoms with E-state index in [1.807, 2.05) is 68.1 Å². The van der Waals surface area contributed by atoms with Gasteiger partial charge >= 0.3 is 12.1 Å². The minimum absolute atomic E-state index is 0. The molecule has 10 aromatic rings. The molecule has 438 valence electrons. The molecule has 2 saturated carbocycles. The molecule has 84 heavy (non-hydrogen) atoms. The maximum atomic E-state index is 13.2. The van der Waals surface area contributed by atoms with Crippen molar-refractivity contribution in [3.63, 3.8) is 0 Å². The van der Waals surface area contributed by atoms with Gasteiger partial charge in [-0.3, -0.25) is 20.2 Å². The summed E-state index contributed by atoms with van der Waals surface area (Å²) in [6.45, 7) is 9.16. The number of nitrogens with zero attached hydrogens (tertiary/aromatic N) is 8. The molecule has 3 amide bonds. The zero-order valence-corrected chi connectivity index (χ0v) is 49.6. The number of ether oxygens (including phenoxy) is 1. The van der Waals surface area contributed by atoms with Gasteiger partial charge in [0.05, 0.1) is 64.1 Å². The number of oxazole rings is 3. The van der Waals surface area contributed by atoms with Crippen molar-refractivity contribution in [2.24, 2.45) is 10.8 Å². The average Bonchev–Trinajstić information content (AvgIpc) is 1.83. The molecule has 0 radical (unpaired) electrons. The fourth-order valence-electron chi connectivity index (χ4n) is 11.3. The summed E-state index contributed by atoms with van der Waals surface area (Å²) in [6, 6.07) is 22.4. The third-order valence-electron chi connectivity index (χ3n) is 15.1. The van der Waals surface area contributed by atoms with Crippen LogP contribution in [0.15, 0.2) is 124 Å². The Labute approximate surface area is 510 Å².